The number of benzene rings is 1. The van der Waals surface area contributed by atoms with Crippen LogP contribution in [0.2, 0.25) is 0 Å². The van der Waals surface area contributed by atoms with Crippen molar-refractivity contribution >= 4 is 17.5 Å². The van der Waals surface area contributed by atoms with E-state index >= 15 is 0 Å². The molecule has 144 valence electrons. The van der Waals surface area contributed by atoms with Crippen LogP contribution in [0.15, 0.2) is 54.9 Å². The minimum absolute atomic E-state index is 0.289. The molecule has 2 aromatic heterocycles. The van der Waals surface area contributed by atoms with E-state index in [1.807, 2.05) is 43.1 Å². The van der Waals surface area contributed by atoms with Gasteiger partial charge in [0.25, 0.3) is 5.91 Å². The quantitative estimate of drug-likeness (QED) is 0.681. The van der Waals surface area contributed by atoms with Crippen LogP contribution < -0.4 is 15.0 Å². The van der Waals surface area contributed by atoms with E-state index in [0.717, 1.165) is 18.7 Å². The van der Waals surface area contributed by atoms with Crippen LogP contribution in [0.1, 0.15) is 21.7 Å². The Morgan fingerprint density at radius 1 is 1.14 bits per heavy atom. The Bertz CT molecular complexity index is 947. The molecule has 3 aromatic rings. The molecule has 0 spiro atoms. The van der Waals surface area contributed by atoms with Crippen molar-refractivity contribution in [1.82, 2.24) is 15.0 Å². The van der Waals surface area contributed by atoms with Gasteiger partial charge >= 0.3 is 0 Å². The van der Waals surface area contributed by atoms with Crippen molar-refractivity contribution in [2.45, 2.75) is 13.3 Å². The molecular formula is C21H23N5O2. The van der Waals surface area contributed by atoms with E-state index in [1.165, 1.54) is 5.56 Å². The number of hydrogen-bond acceptors (Lipinski definition) is 6. The molecule has 0 aliphatic rings. The average molecular weight is 377 g/mol. The first kappa shape index (κ1) is 19.3. The summed E-state index contributed by atoms with van der Waals surface area (Å²) in [5.74, 6) is 0.903. The van der Waals surface area contributed by atoms with Crippen LogP contribution in [-0.2, 0) is 6.42 Å². The number of aromatic nitrogens is 3. The van der Waals surface area contributed by atoms with E-state index in [9.17, 15) is 4.79 Å². The number of hydrogen-bond donors (Lipinski definition) is 1. The largest absolute Gasteiger partial charge is 0.497 e. The molecule has 0 aliphatic carbocycles. The lowest BCUT2D eigenvalue weighted by Gasteiger charge is -2.18. The molecule has 0 unspecified atom stereocenters. The van der Waals surface area contributed by atoms with Gasteiger partial charge in [0.1, 0.15) is 11.4 Å². The van der Waals surface area contributed by atoms with E-state index in [4.69, 9.17) is 4.74 Å². The summed E-state index contributed by atoms with van der Waals surface area (Å²) in [5.41, 5.74) is 2.89. The Kier molecular flexibility index (Phi) is 6.16. The number of nitrogens with zero attached hydrogens (tertiary/aromatic N) is 4. The highest BCUT2D eigenvalue weighted by Crippen LogP contribution is 2.18. The van der Waals surface area contributed by atoms with Gasteiger partial charge < -0.3 is 15.0 Å². The summed E-state index contributed by atoms with van der Waals surface area (Å²) >= 11 is 0. The fourth-order valence-electron chi connectivity index (χ4n) is 2.68. The highest BCUT2D eigenvalue weighted by Gasteiger charge is 2.14. The highest BCUT2D eigenvalue weighted by molar-refractivity contribution is 6.03. The Morgan fingerprint density at radius 2 is 1.93 bits per heavy atom. The molecule has 0 bridgehead atoms. The molecule has 1 aromatic carbocycles. The Hall–Kier alpha value is -3.48. The summed E-state index contributed by atoms with van der Waals surface area (Å²) in [6.07, 6.45) is 4.39. The molecule has 7 nitrogen and oxygen atoms in total. The van der Waals surface area contributed by atoms with Crippen LogP contribution in [-0.4, -0.2) is 41.6 Å². The minimum Gasteiger partial charge on any atom is -0.497 e. The molecule has 0 fully saturated rings. The molecule has 28 heavy (non-hydrogen) atoms. The molecule has 0 aliphatic heterocycles. The van der Waals surface area contributed by atoms with Crippen molar-refractivity contribution < 1.29 is 9.53 Å². The first-order valence-electron chi connectivity index (χ1n) is 8.96. The normalized spacial score (nSPS) is 10.4. The molecule has 0 saturated carbocycles. The van der Waals surface area contributed by atoms with Crippen LogP contribution in [0.3, 0.4) is 0 Å². The first-order chi connectivity index (χ1) is 13.5. The van der Waals surface area contributed by atoms with E-state index in [0.29, 0.717) is 23.1 Å². The van der Waals surface area contributed by atoms with Gasteiger partial charge in [-0.2, -0.15) is 0 Å². The highest BCUT2D eigenvalue weighted by atomic mass is 16.5. The molecule has 7 heteroatoms. The van der Waals surface area contributed by atoms with Crippen LogP contribution in [0, 0.1) is 6.92 Å². The Balaban J connectivity index is 1.71. The maximum Gasteiger partial charge on any atom is 0.274 e. The second-order valence-corrected chi connectivity index (χ2v) is 6.41. The van der Waals surface area contributed by atoms with E-state index in [1.54, 1.807) is 37.7 Å². The second-order valence-electron chi connectivity index (χ2n) is 6.41. The summed E-state index contributed by atoms with van der Waals surface area (Å²) in [6, 6.07) is 12.8. The van der Waals surface area contributed by atoms with Crippen LogP contribution in [0.4, 0.5) is 11.6 Å². The maximum absolute atomic E-state index is 12.7. The molecule has 3 rings (SSSR count). The second kappa shape index (κ2) is 8.94. The summed E-state index contributed by atoms with van der Waals surface area (Å²) in [4.78, 5) is 27.5. The van der Waals surface area contributed by atoms with Gasteiger partial charge in [-0.15, -0.1) is 0 Å². The van der Waals surface area contributed by atoms with Gasteiger partial charge in [-0.25, -0.2) is 9.97 Å². The lowest BCUT2D eigenvalue weighted by atomic mass is 10.2. The topological polar surface area (TPSA) is 80.2 Å². The molecule has 1 amide bonds. The number of carbonyl (C=O) groups excluding carboxylic acids is 1. The smallest absolute Gasteiger partial charge is 0.274 e. The lowest BCUT2D eigenvalue weighted by Crippen LogP contribution is -2.24. The van der Waals surface area contributed by atoms with Crippen molar-refractivity contribution in [3.8, 4) is 5.75 Å². The third kappa shape index (κ3) is 5.03. The summed E-state index contributed by atoms with van der Waals surface area (Å²) in [7, 11) is 3.50. The van der Waals surface area contributed by atoms with Gasteiger partial charge in [-0.1, -0.05) is 6.07 Å². The van der Waals surface area contributed by atoms with E-state index in [2.05, 4.69) is 20.3 Å². The SMILES string of the molecule is COc1cccc(NC(=O)c2cc(C)nc(N(C)CCc3ccncc3)n2)c1. The molecule has 2 heterocycles. The number of rotatable bonds is 7. The maximum atomic E-state index is 12.7. The third-order valence-corrected chi connectivity index (χ3v) is 4.23. The molecule has 0 saturated heterocycles. The number of amides is 1. The van der Waals surface area contributed by atoms with Crippen molar-refractivity contribution in [2.24, 2.45) is 0 Å². The number of likely N-dealkylation sites (N-methyl/N-ethyl adjacent to an activating group) is 1. The monoisotopic (exact) mass is 377 g/mol. The Labute approximate surface area is 164 Å². The molecule has 0 radical (unpaired) electrons. The van der Waals surface area contributed by atoms with Crippen molar-refractivity contribution in [3.63, 3.8) is 0 Å². The fourth-order valence-corrected chi connectivity index (χ4v) is 2.68. The number of ether oxygens (including phenoxy) is 1. The number of aryl methyl sites for hydroxylation is 1. The molecular weight excluding hydrogens is 354 g/mol. The van der Waals surface area contributed by atoms with Crippen LogP contribution in [0.25, 0.3) is 0 Å². The van der Waals surface area contributed by atoms with E-state index < -0.39 is 0 Å². The van der Waals surface area contributed by atoms with Gasteiger partial charge in [0, 0.05) is 43.4 Å². The zero-order chi connectivity index (χ0) is 19.9. The van der Waals surface area contributed by atoms with Gasteiger partial charge in [0.15, 0.2) is 0 Å². The van der Waals surface area contributed by atoms with Gasteiger partial charge in [-0.3, -0.25) is 9.78 Å². The van der Waals surface area contributed by atoms with Gasteiger partial charge in [-0.05, 0) is 49.2 Å². The average Bonchev–Trinajstić information content (AvgIpc) is 2.72. The lowest BCUT2D eigenvalue weighted by molar-refractivity contribution is 0.102. The third-order valence-electron chi connectivity index (χ3n) is 4.23. The molecule has 1 N–H and O–H groups in total. The zero-order valence-corrected chi connectivity index (χ0v) is 16.2. The van der Waals surface area contributed by atoms with Crippen LogP contribution >= 0.6 is 0 Å². The van der Waals surface area contributed by atoms with Gasteiger partial charge in [0.05, 0.1) is 7.11 Å². The first-order valence-corrected chi connectivity index (χ1v) is 8.96. The molecule has 0 atom stereocenters. The predicted octanol–water partition coefficient (Wildman–Crippen LogP) is 3.12. The van der Waals surface area contributed by atoms with Crippen molar-refractivity contribution in [3.05, 3.63) is 71.8 Å². The number of methoxy groups -OCH3 is 1. The van der Waals surface area contributed by atoms with E-state index in [-0.39, 0.29) is 5.91 Å². The number of nitrogens with one attached hydrogen (secondary N) is 1. The number of pyridine rings is 1. The Morgan fingerprint density at radius 3 is 2.68 bits per heavy atom. The standard InChI is InChI=1S/C21H23N5O2/c1-15-13-19(20(27)24-17-5-4-6-18(14-17)28-3)25-21(23-15)26(2)12-9-16-7-10-22-11-8-16/h4-8,10-11,13-14H,9,12H2,1-3H3,(H,24,27). The fraction of sp³-hybridized carbons (Fsp3) is 0.238. The summed E-state index contributed by atoms with van der Waals surface area (Å²) in [6.45, 7) is 2.58. The van der Waals surface area contributed by atoms with Gasteiger partial charge in [0.2, 0.25) is 5.95 Å². The zero-order valence-electron chi connectivity index (χ0n) is 16.2. The summed E-state index contributed by atoms with van der Waals surface area (Å²) in [5, 5.41) is 2.85. The van der Waals surface area contributed by atoms with Crippen molar-refractivity contribution in [1.29, 1.82) is 0 Å². The van der Waals surface area contributed by atoms with Crippen molar-refractivity contribution in [2.75, 3.05) is 30.9 Å². The number of anilines is 2. The number of carbonyl (C=O) groups is 1. The predicted molar refractivity (Wildman–Crippen MR) is 109 cm³/mol. The minimum atomic E-state index is -0.289. The van der Waals surface area contributed by atoms with Crippen LogP contribution in [0.5, 0.6) is 5.75 Å². The summed E-state index contributed by atoms with van der Waals surface area (Å²) < 4.78 is 5.19.